The minimum atomic E-state index is -0.150. The van der Waals surface area contributed by atoms with Gasteiger partial charge in [-0.1, -0.05) is 36.4 Å². The maximum absolute atomic E-state index is 13.0. The summed E-state index contributed by atoms with van der Waals surface area (Å²) in [6.45, 7) is 1.84. The Bertz CT molecular complexity index is 1130. The first-order chi connectivity index (χ1) is 13.6. The van der Waals surface area contributed by atoms with E-state index in [9.17, 15) is 4.79 Å². The third-order valence-electron chi connectivity index (χ3n) is 4.76. The third kappa shape index (κ3) is 3.11. The number of methoxy groups -OCH3 is 2. The monoisotopic (exact) mass is 372 g/mol. The Labute approximate surface area is 163 Å². The molecule has 1 heterocycles. The number of hydrogen-bond acceptors (Lipinski definition) is 4. The van der Waals surface area contributed by atoms with Gasteiger partial charge in [0.05, 0.1) is 31.2 Å². The van der Waals surface area contributed by atoms with E-state index in [0.717, 1.165) is 22.0 Å². The van der Waals surface area contributed by atoms with Gasteiger partial charge >= 0.3 is 0 Å². The fourth-order valence-corrected chi connectivity index (χ4v) is 3.28. The average molecular weight is 372 g/mol. The Hall–Kier alpha value is -3.60. The first kappa shape index (κ1) is 17.8. The number of carbonyl (C=O) groups is 1. The molecule has 0 saturated heterocycles. The van der Waals surface area contributed by atoms with Gasteiger partial charge in [-0.15, -0.1) is 0 Å². The number of benzene rings is 3. The highest BCUT2D eigenvalue weighted by Gasteiger charge is 2.28. The highest BCUT2D eigenvalue weighted by Crippen LogP contribution is 2.31. The Kier molecular flexibility index (Phi) is 4.57. The molecule has 0 aliphatic carbocycles. The molecular weight excluding hydrogens is 352 g/mol. The van der Waals surface area contributed by atoms with Gasteiger partial charge in [-0.25, -0.2) is 0 Å². The van der Waals surface area contributed by atoms with Gasteiger partial charge in [0.2, 0.25) is 0 Å². The number of carbonyl (C=O) groups excluding carboxylic acids is 1. The topological polar surface area (TPSA) is 51.1 Å². The fraction of sp³-hybridized carbons (Fsp3) is 0.130. The minimum absolute atomic E-state index is 0.150. The van der Waals surface area contributed by atoms with Crippen molar-refractivity contribution in [1.82, 2.24) is 0 Å². The van der Waals surface area contributed by atoms with Crippen LogP contribution in [0.2, 0.25) is 0 Å². The van der Waals surface area contributed by atoms with Crippen LogP contribution in [0.5, 0.6) is 11.5 Å². The zero-order valence-corrected chi connectivity index (χ0v) is 16.0. The highest BCUT2D eigenvalue weighted by molar-refractivity contribution is 6.32. The third-order valence-corrected chi connectivity index (χ3v) is 4.76. The SMILES string of the molecule is COc1ccc(/C=C2\C(=O)N(c3ccc4ccccc4c3)N=C2C)cc1OC. The van der Waals surface area contributed by atoms with E-state index >= 15 is 0 Å². The lowest BCUT2D eigenvalue weighted by Crippen LogP contribution is -2.21. The molecule has 3 aromatic rings. The summed E-state index contributed by atoms with van der Waals surface area (Å²) in [5, 5.41) is 8.12. The Morgan fingerprint density at radius 3 is 2.39 bits per heavy atom. The van der Waals surface area contributed by atoms with Crippen molar-refractivity contribution < 1.29 is 14.3 Å². The zero-order valence-electron chi connectivity index (χ0n) is 16.0. The molecule has 0 spiro atoms. The van der Waals surface area contributed by atoms with Gasteiger partial charge in [0.25, 0.3) is 5.91 Å². The van der Waals surface area contributed by atoms with Crippen molar-refractivity contribution >= 4 is 34.2 Å². The predicted molar refractivity (Wildman–Crippen MR) is 112 cm³/mol. The number of fused-ring (bicyclic) bond motifs is 1. The van der Waals surface area contributed by atoms with E-state index in [1.54, 1.807) is 14.2 Å². The number of amides is 1. The Balaban J connectivity index is 1.68. The summed E-state index contributed by atoms with van der Waals surface area (Å²) in [5.41, 5.74) is 2.82. The fourth-order valence-electron chi connectivity index (χ4n) is 3.28. The van der Waals surface area contributed by atoms with Crippen LogP contribution in [0.15, 0.2) is 71.3 Å². The van der Waals surface area contributed by atoms with Crippen molar-refractivity contribution in [2.45, 2.75) is 6.92 Å². The molecular formula is C23H20N2O3. The number of hydrogen-bond donors (Lipinski definition) is 0. The molecule has 5 heteroatoms. The predicted octanol–water partition coefficient (Wildman–Crippen LogP) is 4.66. The van der Waals surface area contributed by atoms with Crippen LogP contribution >= 0.6 is 0 Å². The standard InChI is InChI=1S/C23H20N2O3/c1-15-20(12-16-8-11-21(27-2)22(13-16)28-3)23(26)25(24-15)19-10-9-17-6-4-5-7-18(17)14-19/h4-14H,1-3H3/b20-12-. The van der Waals surface area contributed by atoms with E-state index in [1.165, 1.54) is 5.01 Å². The van der Waals surface area contributed by atoms with Crippen LogP contribution in [0.1, 0.15) is 12.5 Å². The molecule has 140 valence electrons. The normalized spacial score (nSPS) is 15.2. The van der Waals surface area contributed by atoms with Crippen LogP contribution in [-0.4, -0.2) is 25.8 Å². The second-order valence-electron chi connectivity index (χ2n) is 6.51. The quantitative estimate of drug-likeness (QED) is 0.626. The van der Waals surface area contributed by atoms with E-state index in [2.05, 4.69) is 5.10 Å². The van der Waals surface area contributed by atoms with Crippen LogP contribution in [-0.2, 0) is 4.79 Å². The van der Waals surface area contributed by atoms with Gasteiger partial charge in [-0.2, -0.15) is 10.1 Å². The van der Waals surface area contributed by atoms with E-state index in [1.807, 2.05) is 73.7 Å². The Morgan fingerprint density at radius 1 is 0.893 bits per heavy atom. The molecule has 0 fully saturated rings. The molecule has 0 unspecified atom stereocenters. The van der Waals surface area contributed by atoms with E-state index < -0.39 is 0 Å². The lowest BCUT2D eigenvalue weighted by Gasteiger charge is -2.12. The maximum atomic E-state index is 13.0. The van der Waals surface area contributed by atoms with E-state index in [-0.39, 0.29) is 5.91 Å². The summed E-state index contributed by atoms with van der Waals surface area (Å²) >= 11 is 0. The zero-order chi connectivity index (χ0) is 19.7. The molecule has 0 aromatic heterocycles. The van der Waals surface area contributed by atoms with Crippen LogP contribution in [0.25, 0.3) is 16.8 Å². The summed E-state index contributed by atoms with van der Waals surface area (Å²) in [6.07, 6.45) is 1.82. The van der Waals surface area contributed by atoms with Crippen molar-refractivity contribution in [3.05, 3.63) is 71.8 Å². The van der Waals surface area contributed by atoms with Gasteiger partial charge in [0.1, 0.15) is 0 Å². The Morgan fingerprint density at radius 2 is 1.64 bits per heavy atom. The van der Waals surface area contributed by atoms with Crippen molar-refractivity contribution in [1.29, 1.82) is 0 Å². The lowest BCUT2D eigenvalue weighted by molar-refractivity contribution is -0.114. The molecule has 28 heavy (non-hydrogen) atoms. The van der Waals surface area contributed by atoms with E-state index in [4.69, 9.17) is 9.47 Å². The molecule has 0 saturated carbocycles. The van der Waals surface area contributed by atoms with Gasteiger partial charge in [0, 0.05) is 0 Å². The summed E-state index contributed by atoms with van der Waals surface area (Å²) in [5.74, 6) is 1.11. The van der Waals surface area contributed by atoms with Gasteiger partial charge in [-0.05, 0) is 53.6 Å². The molecule has 3 aromatic carbocycles. The van der Waals surface area contributed by atoms with Gasteiger partial charge < -0.3 is 9.47 Å². The molecule has 1 aliphatic rings. The van der Waals surface area contributed by atoms with Crippen LogP contribution in [0, 0.1) is 0 Å². The average Bonchev–Trinajstić information content (AvgIpc) is 3.01. The number of nitrogens with zero attached hydrogens (tertiary/aromatic N) is 2. The van der Waals surface area contributed by atoms with Crippen LogP contribution in [0.4, 0.5) is 5.69 Å². The first-order valence-corrected chi connectivity index (χ1v) is 8.93. The summed E-state index contributed by atoms with van der Waals surface area (Å²) in [4.78, 5) is 13.0. The van der Waals surface area contributed by atoms with Gasteiger partial charge in [-0.3, -0.25) is 4.79 Å². The van der Waals surface area contributed by atoms with Crippen LogP contribution < -0.4 is 14.5 Å². The highest BCUT2D eigenvalue weighted by atomic mass is 16.5. The number of anilines is 1. The molecule has 0 radical (unpaired) electrons. The maximum Gasteiger partial charge on any atom is 0.280 e. The van der Waals surface area contributed by atoms with Crippen LogP contribution in [0.3, 0.4) is 0 Å². The molecule has 1 aliphatic heterocycles. The number of rotatable bonds is 4. The largest absolute Gasteiger partial charge is 0.493 e. The molecule has 0 atom stereocenters. The first-order valence-electron chi connectivity index (χ1n) is 8.93. The van der Waals surface area contributed by atoms with Crippen molar-refractivity contribution in [3.63, 3.8) is 0 Å². The second kappa shape index (κ2) is 7.19. The second-order valence-corrected chi connectivity index (χ2v) is 6.51. The van der Waals surface area contributed by atoms with Gasteiger partial charge in [0.15, 0.2) is 11.5 Å². The van der Waals surface area contributed by atoms with Crippen molar-refractivity contribution in [3.8, 4) is 11.5 Å². The van der Waals surface area contributed by atoms with E-state index in [0.29, 0.717) is 22.8 Å². The van der Waals surface area contributed by atoms with Crippen molar-refractivity contribution in [2.75, 3.05) is 19.2 Å². The van der Waals surface area contributed by atoms with Crippen molar-refractivity contribution in [2.24, 2.45) is 5.10 Å². The summed E-state index contributed by atoms with van der Waals surface area (Å²) < 4.78 is 10.6. The molecule has 0 bridgehead atoms. The molecule has 5 nitrogen and oxygen atoms in total. The molecule has 1 amide bonds. The molecule has 0 N–H and O–H groups in total. The smallest absolute Gasteiger partial charge is 0.280 e. The molecule has 4 rings (SSSR count). The lowest BCUT2D eigenvalue weighted by atomic mass is 10.1. The summed E-state index contributed by atoms with van der Waals surface area (Å²) in [7, 11) is 3.18. The number of ether oxygens (including phenoxy) is 2. The number of hydrazone groups is 1. The summed E-state index contributed by atoms with van der Waals surface area (Å²) in [6, 6.07) is 19.5. The minimum Gasteiger partial charge on any atom is -0.493 e.